The summed E-state index contributed by atoms with van der Waals surface area (Å²) in [7, 11) is 1.54. The lowest BCUT2D eigenvalue weighted by molar-refractivity contribution is -0.129. The maximum Gasteiger partial charge on any atom is 0.253 e. The lowest BCUT2D eigenvalue weighted by Gasteiger charge is -2.18. The molecule has 2 atom stereocenters. The molecule has 20 heavy (non-hydrogen) atoms. The molecule has 2 unspecified atom stereocenters. The topological polar surface area (TPSA) is 82.8 Å². The van der Waals surface area contributed by atoms with Gasteiger partial charge in [-0.05, 0) is 31.5 Å². The summed E-state index contributed by atoms with van der Waals surface area (Å²) in [5.41, 5.74) is 6.80. The Morgan fingerprint density at radius 3 is 3.00 bits per heavy atom. The fourth-order valence-electron chi connectivity index (χ4n) is 2.03. The number of rotatable bonds is 5. The van der Waals surface area contributed by atoms with Crippen LogP contribution in [0.3, 0.4) is 0 Å². The van der Waals surface area contributed by atoms with Gasteiger partial charge in [-0.25, -0.2) is 0 Å². The first-order chi connectivity index (χ1) is 9.60. The number of benzene rings is 1. The van der Waals surface area contributed by atoms with Crippen molar-refractivity contribution in [1.82, 2.24) is 0 Å². The van der Waals surface area contributed by atoms with E-state index < -0.39 is 6.10 Å². The zero-order valence-corrected chi connectivity index (χ0v) is 11.7. The van der Waals surface area contributed by atoms with Crippen molar-refractivity contribution < 1.29 is 19.0 Å². The molecule has 0 saturated carbocycles. The van der Waals surface area contributed by atoms with Crippen LogP contribution in [-0.2, 0) is 14.3 Å². The van der Waals surface area contributed by atoms with Gasteiger partial charge in [-0.3, -0.25) is 4.79 Å². The molecular formula is C14H20N2O4. The van der Waals surface area contributed by atoms with Gasteiger partial charge >= 0.3 is 0 Å². The van der Waals surface area contributed by atoms with Crippen LogP contribution in [0.15, 0.2) is 18.2 Å². The quantitative estimate of drug-likeness (QED) is 0.797. The summed E-state index contributed by atoms with van der Waals surface area (Å²) in [6.45, 7) is 2.94. The average Bonchev–Trinajstić information content (AvgIpc) is 2.91. The van der Waals surface area contributed by atoms with E-state index >= 15 is 0 Å². The number of anilines is 2. The molecule has 1 aromatic carbocycles. The van der Waals surface area contributed by atoms with Gasteiger partial charge in [-0.1, -0.05) is 0 Å². The van der Waals surface area contributed by atoms with Crippen molar-refractivity contribution in [3.8, 4) is 5.75 Å². The lowest BCUT2D eigenvalue weighted by Crippen LogP contribution is -2.32. The number of nitrogens with two attached hydrogens (primary N) is 1. The van der Waals surface area contributed by atoms with Crippen molar-refractivity contribution in [3.05, 3.63) is 18.2 Å². The van der Waals surface area contributed by atoms with Gasteiger partial charge in [0.05, 0.1) is 25.5 Å². The molecule has 0 aliphatic carbocycles. The second-order valence-electron chi connectivity index (χ2n) is 4.71. The van der Waals surface area contributed by atoms with Gasteiger partial charge in [0.15, 0.2) is 0 Å². The van der Waals surface area contributed by atoms with Crippen molar-refractivity contribution in [2.75, 3.05) is 31.4 Å². The summed E-state index contributed by atoms with van der Waals surface area (Å²) in [5.74, 6) is 0.324. The molecule has 1 aliphatic rings. The number of hydrogen-bond acceptors (Lipinski definition) is 5. The third-order valence-electron chi connectivity index (χ3n) is 3.14. The average molecular weight is 280 g/mol. The van der Waals surface area contributed by atoms with Crippen molar-refractivity contribution in [2.24, 2.45) is 0 Å². The van der Waals surface area contributed by atoms with Crippen LogP contribution in [0.5, 0.6) is 5.75 Å². The number of nitrogen functional groups attached to an aromatic ring is 1. The fraction of sp³-hybridized carbons (Fsp3) is 0.500. The zero-order chi connectivity index (χ0) is 14.5. The Kier molecular flexibility index (Phi) is 4.81. The van der Waals surface area contributed by atoms with Crippen LogP contribution in [0.25, 0.3) is 0 Å². The second-order valence-corrected chi connectivity index (χ2v) is 4.71. The molecule has 1 aromatic rings. The van der Waals surface area contributed by atoms with Gasteiger partial charge < -0.3 is 25.3 Å². The molecule has 1 aliphatic heterocycles. The Morgan fingerprint density at radius 2 is 2.35 bits per heavy atom. The number of hydrogen-bond donors (Lipinski definition) is 2. The fourth-order valence-corrected chi connectivity index (χ4v) is 2.03. The number of carbonyl (C=O) groups excluding carboxylic acids is 1. The Labute approximate surface area is 118 Å². The largest absolute Gasteiger partial charge is 0.495 e. The predicted octanol–water partition coefficient (Wildman–Crippen LogP) is 1.41. The van der Waals surface area contributed by atoms with Gasteiger partial charge in [-0.15, -0.1) is 0 Å². The SMILES string of the molecule is COc1ccc(N)cc1NC(=O)C(C)OC1CCOC1. The van der Waals surface area contributed by atoms with E-state index in [9.17, 15) is 4.79 Å². The van der Waals surface area contributed by atoms with E-state index in [1.165, 1.54) is 7.11 Å². The molecule has 1 saturated heterocycles. The van der Waals surface area contributed by atoms with Crippen LogP contribution < -0.4 is 15.8 Å². The Bertz CT molecular complexity index is 472. The molecule has 6 heteroatoms. The van der Waals surface area contributed by atoms with Gasteiger partial charge in [-0.2, -0.15) is 0 Å². The van der Waals surface area contributed by atoms with Crippen LogP contribution in [-0.4, -0.2) is 38.4 Å². The van der Waals surface area contributed by atoms with Crippen molar-refractivity contribution >= 4 is 17.3 Å². The highest BCUT2D eigenvalue weighted by Crippen LogP contribution is 2.26. The molecular weight excluding hydrogens is 260 g/mol. The summed E-state index contributed by atoms with van der Waals surface area (Å²) in [6.07, 6.45) is 0.241. The molecule has 0 spiro atoms. The van der Waals surface area contributed by atoms with Gasteiger partial charge in [0.1, 0.15) is 11.9 Å². The third-order valence-corrected chi connectivity index (χ3v) is 3.14. The zero-order valence-electron chi connectivity index (χ0n) is 11.7. The first kappa shape index (κ1) is 14.6. The minimum Gasteiger partial charge on any atom is -0.495 e. The Morgan fingerprint density at radius 1 is 1.55 bits per heavy atom. The summed E-state index contributed by atoms with van der Waals surface area (Å²) in [4.78, 5) is 12.1. The molecule has 2 rings (SSSR count). The highest BCUT2D eigenvalue weighted by molar-refractivity contribution is 5.95. The molecule has 1 fully saturated rings. The highest BCUT2D eigenvalue weighted by atomic mass is 16.6. The van der Waals surface area contributed by atoms with Crippen LogP contribution in [0.1, 0.15) is 13.3 Å². The molecule has 0 radical (unpaired) electrons. The summed E-state index contributed by atoms with van der Waals surface area (Å²) >= 11 is 0. The number of carbonyl (C=O) groups is 1. The van der Waals surface area contributed by atoms with E-state index in [-0.39, 0.29) is 12.0 Å². The maximum atomic E-state index is 12.1. The number of ether oxygens (including phenoxy) is 3. The molecule has 0 aromatic heterocycles. The number of nitrogens with one attached hydrogen (secondary N) is 1. The molecule has 0 bridgehead atoms. The third kappa shape index (κ3) is 3.61. The minimum absolute atomic E-state index is 0.0153. The normalized spacial score (nSPS) is 19.6. The van der Waals surface area contributed by atoms with Crippen LogP contribution in [0.4, 0.5) is 11.4 Å². The van der Waals surface area contributed by atoms with E-state index in [0.717, 1.165) is 6.42 Å². The highest BCUT2D eigenvalue weighted by Gasteiger charge is 2.23. The Balaban J connectivity index is 1.97. The van der Waals surface area contributed by atoms with E-state index in [0.29, 0.717) is 30.3 Å². The first-order valence-electron chi connectivity index (χ1n) is 6.57. The molecule has 1 heterocycles. The number of amides is 1. The molecule has 110 valence electrons. The second kappa shape index (κ2) is 6.58. The summed E-state index contributed by atoms with van der Waals surface area (Å²) in [5, 5.41) is 2.77. The first-order valence-corrected chi connectivity index (χ1v) is 6.57. The Hall–Kier alpha value is -1.79. The summed E-state index contributed by atoms with van der Waals surface area (Å²) < 4.78 is 16.0. The molecule has 6 nitrogen and oxygen atoms in total. The van der Waals surface area contributed by atoms with Crippen LogP contribution in [0.2, 0.25) is 0 Å². The monoisotopic (exact) mass is 280 g/mol. The van der Waals surface area contributed by atoms with Crippen LogP contribution in [0, 0.1) is 0 Å². The smallest absolute Gasteiger partial charge is 0.253 e. The van der Waals surface area contributed by atoms with Gasteiger partial charge in [0.25, 0.3) is 5.91 Å². The standard InChI is InChI=1S/C14H20N2O4/c1-9(20-11-5-6-19-8-11)14(17)16-12-7-10(15)3-4-13(12)18-2/h3-4,7,9,11H,5-6,8,15H2,1-2H3,(H,16,17). The van der Waals surface area contributed by atoms with Crippen molar-refractivity contribution in [1.29, 1.82) is 0 Å². The molecule has 3 N–H and O–H groups in total. The van der Waals surface area contributed by atoms with Gasteiger partial charge in [0.2, 0.25) is 0 Å². The minimum atomic E-state index is -0.562. The predicted molar refractivity (Wildman–Crippen MR) is 75.8 cm³/mol. The maximum absolute atomic E-state index is 12.1. The number of methoxy groups -OCH3 is 1. The summed E-state index contributed by atoms with van der Waals surface area (Å²) in [6, 6.07) is 5.08. The van der Waals surface area contributed by atoms with Crippen LogP contribution >= 0.6 is 0 Å². The lowest BCUT2D eigenvalue weighted by atomic mass is 10.2. The van der Waals surface area contributed by atoms with E-state index in [1.807, 2.05) is 0 Å². The van der Waals surface area contributed by atoms with Crippen molar-refractivity contribution in [2.45, 2.75) is 25.6 Å². The van der Waals surface area contributed by atoms with Crippen molar-refractivity contribution in [3.63, 3.8) is 0 Å². The van der Waals surface area contributed by atoms with Gasteiger partial charge in [0, 0.05) is 12.3 Å². The van der Waals surface area contributed by atoms with E-state index in [2.05, 4.69) is 5.32 Å². The molecule has 1 amide bonds. The van der Waals surface area contributed by atoms with E-state index in [4.69, 9.17) is 19.9 Å². The van der Waals surface area contributed by atoms with E-state index in [1.54, 1.807) is 25.1 Å².